The van der Waals surface area contributed by atoms with Crippen LogP contribution in [0.4, 0.5) is 20.2 Å². The first kappa shape index (κ1) is 17.0. The molecular formula is C19H12F2N4OS. The van der Waals surface area contributed by atoms with Crippen molar-refractivity contribution in [3.05, 3.63) is 71.2 Å². The van der Waals surface area contributed by atoms with Crippen LogP contribution in [-0.4, -0.2) is 15.9 Å². The molecule has 3 N–H and O–H groups in total. The molecular weight excluding hydrogens is 370 g/mol. The minimum Gasteiger partial charge on any atom is -0.397 e. The number of amides is 1. The third-order valence-electron chi connectivity index (χ3n) is 3.90. The molecule has 4 aromatic rings. The zero-order chi connectivity index (χ0) is 19.0. The fraction of sp³-hybridized carbons (Fsp3) is 0. The van der Waals surface area contributed by atoms with Gasteiger partial charge in [0.15, 0.2) is 11.6 Å². The molecule has 3 heterocycles. The van der Waals surface area contributed by atoms with Crippen LogP contribution in [0.2, 0.25) is 0 Å². The van der Waals surface area contributed by atoms with E-state index >= 15 is 0 Å². The molecule has 5 nitrogen and oxygen atoms in total. The Hall–Kier alpha value is -3.39. The Labute approximate surface area is 156 Å². The van der Waals surface area contributed by atoms with Crippen LogP contribution in [0.5, 0.6) is 0 Å². The second-order valence-electron chi connectivity index (χ2n) is 5.69. The molecule has 0 unspecified atom stereocenters. The van der Waals surface area contributed by atoms with Crippen molar-refractivity contribution in [2.24, 2.45) is 0 Å². The highest BCUT2D eigenvalue weighted by Gasteiger charge is 2.18. The van der Waals surface area contributed by atoms with Crippen LogP contribution >= 0.6 is 11.3 Å². The Morgan fingerprint density at radius 2 is 1.89 bits per heavy atom. The molecule has 1 amide bonds. The summed E-state index contributed by atoms with van der Waals surface area (Å²) in [5.41, 5.74) is 7.89. The minimum absolute atomic E-state index is 0.137. The van der Waals surface area contributed by atoms with Crippen LogP contribution in [0.1, 0.15) is 9.67 Å². The molecule has 0 fully saturated rings. The van der Waals surface area contributed by atoms with Crippen LogP contribution in [0.15, 0.2) is 54.7 Å². The normalized spacial score (nSPS) is 10.9. The lowest BCUT2D eigenvalue weighted by molar-refractivity contribution is 0.103. The molecule has 0 atom stereocenters. The van der Waals surface area contributed by atoms with Gasteiger partial charge in [0.25, 0.3) is 5.91 Å². The number of nitrogens with two attached hydrogens (primary N) is 1. The van der Waals surface area contributed by atoms with Crippen LogP contribution in [0.3, 0.4) is 0 Å². The van der Waals surface area contributed by atoms with Gasteiger partial charge >= 0.3 is 0 Å². The first-order valence-corrected chi connectivity index (χ1v) is 8.71. The number of carbonyl (C=O) groups is 1. The lowest BCUT2D eigenvalue weighted by Crippen LogP contribution is -2.12. The number of nitrogen functional groups attached to an aromatic ring is 1. The highest BCUT2D eigenvalue weighted by atomic mass is 32.1. The lowest BCUT2D eigenvalue weighted by atomic mass is 10.2. The second kappa shape index (κ2) is 6.73. The van der Waals surface area contributed by atoms with Crippen molar-refractivity contribution in [1.82, 2.24) is 9.97 Å². The van der Waals surface area contributed by atoms with Crippen LogP contribution in [0, 0.1) is 11.6 Å². The summed E-state index contributed by atoms with van der Waals surface area (Å²) < 4.78 is 26.3. The van der Waals surface area contributed by atoms with Gasteiger partial charge in [-0.1, -0.05) is 6.07 Å². The van der Waals surface area contributed by atoms with E-state index in [-0.39, 0.29) is 16.3 Å². The molecule has 134 valence electrons. The van der Waals surface area contributed by atoms with Crippen molar-refractivity contribution in [1.29, 1.82) is 0 Å². The van der Waals surface area contributed by atoms with Crippen molar-refractivity contribution in [3.63, 3.8) is 0 Å². The zero-order valence-corrected chi connectivity index (χ0v) is 14.6. The number of fused-ring (bicyclic) bond motifs is 1. The van der Waals surface area contributed by atoms with Gasteiger partial charge in [-0.25, -0.2) is 13.8 Å². The average molecular weight is 382 g/mol. The summed E-state index contributed by atoms with van der Waals surface area (Å²) in [6.07, 6.45) is 1.67. The van der Waals surface area contributed by atoms with E-state index in [1.807, 2.05) is 18.2 Å². The summed E-state index contributed by atoms with van der Waals surface area (Å²) in [7, 11) is 0. The van der Waals surface area contributed by atoms with E-state index in [1.54, 1.807) is 18.3 Å². The monoisotopic (exact) mass is 382 g/mol. The third kappa shape index (κ3) is 3.22. The zero-order valence-electron chi connectivity index (χ0n) is 13.7. The highest BCUT2D eigenvalue weighted by molar-refractivity contribution is 7.21. The highest BCUT2D eigenvalue weighted by Crippen LogP contribution is 2.34. The predicted molar refractivity (Wildman–Crippen MR) is 102 cm³/mol. The number of rotatable bonds is 3. The quantitative estimate of drug-likeness (QED) is 0.548. The van der Waals surface area contributed by atoms with Gasteiger partial charge in [-0.15, -0.1) is 11.3 Å². The number of hydrogen-bond acceptors (Lipinski definition) is 5. The molecule has 0 bridgehead atoms. The van der Waals surface area contributed by atoms with Crippen LogP contribution in [-0.2, 0) is 0 Å². The largest absolute Gasteiger partial charge is 0.397 e. The van der Waals surface area contributed by atoms with Gasteiger partial charge in [-0.3, -0.25) is 9.78 Å². The van der Waals surface area contributed by atoms with Gasteiger partial charge in [0.1, 0.15) is 9.71 Å². The van der Waals surface area contributed by atoms with Crippen LogP contribution < -0.4 is 11.1 Å². The molecule has 0 saturated carbocycles. The number of benzene rings is 1. The van der Waals surface area contributed by atoms with E-state index in [2.05, 4.69) is 15.3 Å². The van der Waals surface area contributed by atoms with Gasteiger partial charge < -0.3 is 11.1 Å². The molecule has 3 aromatic heterocycles. The number of carbonyl (C=O) groups excluding carboxylic acids is 1. The number of hydrogen-bond donors (Lipinski definition) is 2. The number of halogens is 2. The SMILES string of the molecule is Nc1c(C(=O)Nc2ccc(F)c(F)c2)sc2nc(-c3ccccn3)ccc12. The maximum atomic E-state index is 13.3. The molecule has 8 heteroatoms. The Morgan fingerprint density at radius 1 is 1.04 bits per heavy atom. The summed E-state index contributed by atoms with van der Waals surface area (Å²) in [4.78, 5) is 22.1. The summed E-state index contributed by atoms with van der Waals surface area (Å²) in [6.45, 7) is 0. The summed E-state index contributed by atoms with van der Waals surface area (Å²) in [6, 6.07) is 12.2. The van der Waals surface area contributed by atoms with Crippen LogP contribution in [0.25, 0.3) is 21.6 Å². The molecule has 27 heavy (non-hydrogen) atoms. The Bertz CT molecular complexity index is 1160. The van der Waals surface area contributed by atoms with Crippen molar-refractivity contribution in [2.45, 2.75) is 0 Å². The first-order valence-electron chi connectivity index (χ1n) is 7.90. The average Bonchev–Trinajstić information content (AvgIpc) is 3.02. The fourth-order valence-corrected chi connectivity index (χ4v) is 3.57. The van der Waals surface area contributed by atoms with E-state index in [9.17, 15) is 13.6 Å². The predicted octanol–water partition coefficient (Wildman–Crippen LogP) is 4.47. The van der Waals surface area contributed by atoms with Crippen molar-refractivity contribution in [2.75, 3.05) is 11.1 Å². The number of nitrogens with zero attached hydrogens (tertiary/aromatic N) is 2. The maximum Gasteiger partial charge on any atom is 0.267 e. The Balaban J connectivity index is 1.68. The number of thiophene rings is 1. The van der Waals surface area contributed by atoms with E-state index in [0.29, 0.717) is 21.6 Å². The van der Waals surface area contributed by atoms with Gasteiger partial charge in [0, 0.05) is 23.3 Å². The molecule has 0 spiro atoms. The number of pyridine rings is 2. The van der Waals surface area contributed by atoms with E-state index in [1.165, 1.54) is 6.07 Å². The lowest BCUT2D eigenvalue weighted by Gasteiger charge is -2.04. The molecule has 4 rings (SSSR count). The molecule has 0 radical (unpaired) electrons. The number of aromatic nitrogens is 2. The van der Waals surface area contributed by atoms with E-state index in [0.717, 1.165) is 23.5 Å². The van der Waals surface area contributed by atoms with Crippen molar-refractivity contribution < 1.29 is 13.6 Å². The van der Waals surface area contributed by atoms with Gasteiger partial charge in [-0.2, -0.15) is 0 Å². The van der Waals surface area contributed by atoms with Gasteiger partial charge in [-0.05, 0) is 36.4 Å². The Kier molecular flexibility index (Phi) is 4.25. The number of nitrogens with one attached hydrogen (secondary N) is 1. The summed E-state index contributed by atoms with van der Waals surface area (Å²) in [5.74, 6) is -2.54. The fourth-order valence-electron chi connectivity index (χ4n) is 2.58. The summed E-state index contributed by atoms with van der Waals surface area (Å²) >= 11 is 1.12. The minimum atomic E-state index is -1.04. The van der Waals surface area contributed by atoms with Gasteiger partial charge in [0.2, 0.25) is 0 Å². The third-order valence-corrected chi connectivity index (χ3v) is 5.02. The van der Waals surface area contributed by atoms with E-state index < -0.39 is 17.5 Å². The molecule has 0 aliphatic heterocycles. The molecule has 1 aromatic carbocycles. The second-order valence-corrected chi connectivity index (χ2v) is 6.69. The van der Waals surface area contributed by atoms with E-state index in [4.69, 9.17) is 5.73 Å². The molecule has 0 saturated heterocycles. The first-order chi connectivity index (χ1) is 13.0. The summed E-state index contributed by atoms with van der Waals surface area (Å²) in [5, 5.41) is 3.17. The Morgan fingerprint density at radius 3 is 2.63 bits per heavy atom. The smallest absolute Gasteiger partial charge is 0.267 e. The van der Waals surface area contributed by atoms with Crippen molar-refractivity contribution in [3.8, 4) is 11.4 Å². The topological polar surface area (TPSA) is 80.9 Å². The maximum absolute atomic E-state index is 13.3. The number of anilines is 2. The van der Waals surface area contributed by atoms with Gasteiger partial charge in [0.05, 0.1) is 17.1 Å². The molecule has 0 aliphatic carbocycles. The standard InChI is InChI=1S/C19H12F2N4OS/c20-12-6-4-10(9-13(12)21)24-18(26)17-16(22)11-5-7-15(25-19(11)27-17)14-3-1-2-8-23-14/h1-9H,22H2,(H,24,26). The molecule has 0 aliphatic rings. The van der Waals surface area contributed by atoms with Crippen molar-refractivity contribution >= 4 is 38.8 Å².